The zero-order chi connectivity index (χ0) is 23.5. The Morgan fingerprint density at radius 3 is 2.30 bits per heavy atom. The van der Waals surface area contributed by atoms with Crippen LogP contribution in [0.5, 0.6) is 0 Å². The molecule has 0 saturated heterocycles. The molecule has 4 rings (SSSR count). The van der Waals surface area contributed by atoms with E-state index in [1.165, 1.54) is 4.68 Å². The van der Waals surface area contributed by atoms with Crippen molar-refractivity contribution in [3.63, 3.8) is 0 Å². The summed E-state index contributed by atoms with van der Waals surface area (Å²) in [5.74, 6) is 0.134. The summed E-state index contributed by atoms with van der Waals surface area (Å²) in [4.78, 5) is 26.3. The first-order valence-electron chi connectivity index (χ1n) is 10.4. The predicted octanol–water partition coefficient (Wildman–Crippen LogP) is 4.60. The first-order valence-corrected chi connectivity index (χ1v) is 10.4. The zero-order valence-electron chi connectivity index (χ0n) is 18.6. The Bertz CT molecular complexity index is 1300. The third kappa shape index (κ3) is 4.38. The van der Waals surface area contributed by atoms with Gasteiger partial charge in [-0.1, -0.05) is 53.7 Å². The molecule has 9 nitrogen and oxygen atoms in total. The van der Waals surface area contributed by atoms with Gasteiger partial charge in [-0.05, 0) is 38.5 Å². The minimum absolute atomic E-state index is 0.0352. The molecule has 0 radical (unpaired) electrons. The van der Waals surface area contributed by atoms with Crippen LogP contribution in [0.3, 0.4) is 0 Å². The molecule has 33 heavy (non-hydrogen) atoms. The van der Waals surface area contributed by atoms with E-state index >= 15 is 0 Å². The van der Waals surface area contributed by atoms with Gasteiger partial charge in [0.25, 0.3) is 5.91 Å². The average Bonchev–Trinajstić information content (AvgIpc) is 3.31. The molecule has 0 fully saturated rings. The molecule has 0 unspecified atom stereocenters. The lowest BCUT2D eigenvalue weighted by Crippen LogP contribution is -2.31. The van der Waals surface area contributed by atoms with Crippen LogP contribution in [0, 0.1) is 30.9 Å². The van der Waals surface area contributed by atoms with E-state index in [1.54, 1.807) is 25.7 Å². The fraction of sp³-hybridized carbons (Fsp3) is 0.208. The van der Waals surface area contributed by atoms with Gasteiger partial charge >= 0.3 is 5.69 Å². The van der Waals surface area contributed by atoms with E-state index in [0.717, 1.165) is 11.3 Å². The number of carbonyl (C=O) groups excluding carboxylic acids is 1. The van der Waals surface area contributed by atoms with Gasteiger partial charge in [0.15, 0.2) is 5.69 Å². The summed E-state index contributed by atoms with van der Waals surface area (Å²) < 4.78 is 6.88. The van der Waals surface area contributed by atoms with E-state index in [9.17, 15) is 14.9 Å². The minimum Gasteiger partial charge on any atom is -0.361 e. The van der Waals surface area contributed by atoms with Crippen molar-refractivity contribution in [1.82, 2.24) is 14.9 Å². The van der Waals surface area contributed by atoms with Crippen molar-refractivity contribution < 1.29 is 14.2 Å². The van der Waals surface area contributed by atoms with Crippen LogP contribution in [0.2, 0.25) is 0 Å². The second kappa shape index (κ2) is 9.07. The Kier molecular flexibility index (Phi) is 6.03. The van der Waals surface area contributed by atoms with Crippen molar-refractivity contribution in [1.29, 1.82) is 0 Å². The lowest BCUT2D eigenvalue weighted by atomic mass is 10.1. The van der Waals surface area contributed by atoms with Gasteiger partial charge in [-0.3, -0.25) is 19.6 Å². The predicted molar refractivity (Wildman–Crippen MR) is 122 cm³/mol. The fourth-order valence-electron chi connectivity index (χ4n) is 3.78. The molecule has 2 heterocycles. The van der Waals surface area contributed by atoms with Crippen LogP contribution in [-0.4, -0.2) is 25.8 Å². The quantitative estimate of drug-likeness (QED) is 0.304. The third-order valence-corrected chi connectivity index (χ3v) is 5.52. The van der Waals surface area contributed by atoms with Gasteiger partial charge in [0.05, 0.1) is 18.0 Å². The summed E-state index contributed by atoms with van der Waals surface area (Å²) in [6.45, 7) is 5.41. The lowest BCUT2D eigenvalue weighted by Gasteiger charge is -2.22. The number of nitro groups is 1. The molecule has 2 aromatic carbocycles. The molecule has 0 N–H and O–H groups in total. The Hall–Kier alpha value is -4.27. The summed E-state index contributed by atoms with van der Waals surface area (Å²) in [6, 6.07) is 19.0. The average molecular weight is 445 g/mol. The van der Waals surface area contributed by atoms with Gasteiger partial charge in [0, 0.05) is 11.3 Å². The molecule has 0 atom stereocenters. The van der Waals surface area contributed by atoms with Crippen LogP contribution >= 0.6 is 0 Å². The number of hydrogen-bond donors (Lipinski definition) is 0. The van der Waals surface area contributed by atoms with E-state index < -0.39 is 4.92 Å². The zero-order valence-corrected chi connectivity index (χ0v) is 18.6. The SMILES string of the molecule is Cc1nn(Cc2c(C(=O)N(Cc3ccccc3)c3ccccc3)noc2C)c(C)c1[N+](=O)[O-]. The van der Waals surface area contributed by atoms with Gasteiger partial charge in [-0.25, -0.2) is 0 Å². The lowest BCUT2D eigenvalue weighted by molar-refractivity contribution is -0.386. The van der Waals surface area contributed by atoms with Gasteiger partial charge in [0.1, 0.15) is 17.1 Å². The highest BCUT2D eigenvalue weighted by molar-refractivity contribution is 6.05. The molecular weight excluding hydrogens is 422 g/mol. The molecule has 2 aromatic heterocycles. The summed E-state index contributed by atoms with van der Waals surface area (Å²) >= 11 is 0. The van der Waals surface area contributed by atoms with Crippen LogP contribution in [-0.2, 0) is 13.1 Å². The van der Waals surface area contributed by atoms with Crippen molar-refractivity contribution in [3.05, 3.63) is 105 Å². The van der Waals surface area contributed by atoms with Crippen LogP contribution in [0.1, 0.15) is 38.8 Å². The number of para-hydroxylation sites is 1. The summed E-state index contributed by atoms with van der Waals surface area (Å²) in [5, 5.41) is 19.7. The highest BCUT2D eigenvalue weighted by Gasteiger charge is 2.28. The summed E-state index contributed by atoms with van der Waals surface area (Å²) in [6.07, 6.45) is 0. The van der Waals surface area contributed by atoms with Crippen LogP contribution < -0.4 is 4.90 Å². The molecular formula is C24H23N5O4. The molecule has 4 aromatic rings. The normalized spacial score (nSPS) is 10.9. The number of aromatic nitrogens is 3. The molecule has 0 bridgehead atoms. The first kappa shape index (κ1) is 21.9. The topological polar surface area (TPSA) is 107 Å². The van der Waals surface area contributed by atoms with Crippen LogP contribution in [0.4, 0.5) is 11.4 Å². The second-order valence-electron chi connectivity index (χ2n) is 7.71. The maximum atomic E-state index is 13.7. The van der Waals surface area contributed by atoms with Gasteiger partial charge in [-0.15, -0.1) is 0 Å². The van der Waals surface area contributed by atoms with Crippen LogP contribution in [0.15, 0.2) is 65.2 Å². The Morgan fingerprint density at radius 1 is 1.06 bits per heavy atom. The molecule has 0 aliphatic rings. The number of aryl methyl sites for hydroxylation is 2. The van der Waals surface area contributed by atoms with E-state index in [0.29, 0.717) is 29.3 Å². The molecule has 0 spiro atoms. The Morgan fingerprint density at radius 2 is 1.70 bits per heavy atom. The maximum Gasteiger partial charge on any atom is 0.312 e. The molecule has 0 saturated carbocycles. The van der Waals surface area contributed by atoms with Gasteiger partial charge in [-0.2, -0.15) is 5.10 Å². The number of nitrogens with zero attached hydrogens (tertiary/aromatic N) is 5. The maximum absolute atomic E-state index is 13.7. The van der Waals surface area contributed by atoms with E-state index in [1.807, 2.05) is 60.7 Å². The fourth-order valence-corrected chi connectivity index (χ4v) is 3.78. The second-order valence-corrected chi connectivity index (χ2v) is 7.71. The van der Waals surface area contributed by atoms with Crippen LogP contribution in [0.25, 0.3) is 0 Å². The Balaban J connectivity index is 1.72. The van der Waals surface area contributed by atoms with Crippen molar-refractivity contribution in [2.75, 3.05) is 4.90 Å². The third-order valence-electron chi connectivity index (χ3n) is 5.52. The van der Waals surface area contributed by atoms with E-state index in [4.69, 9.17) is 4.52 Å². The number of carbonyl (C=O) groups is 1. The van der Waals surface area contributed by atoms with Crippen molar-refractivity contribution in [3.8, 4) is 0 Å². The number of benzene rings is 2. The standard InChI is InChI=1S/C24H23N5O4/c1-16-23(29(31)32)17(2)28(25-16)15-21-18(3)33-26-22(21)24(30)27(20-12-8-5-9-13-20)14-19-10-6-4-7-11-19/h4-13H,14-15H2,1-3H3. The molecule has 1 amide bonds. The monoisotopic (exact) mass is 445 g/mol. The Labute approximate surface area is 190 Å². The largest absolute Gasteiger partial charge is 0.361 e. The molecule has 0 aliphatic heterocycles. The highest BCUT2D eigenvalue weighted by Crippen LogP contribution is 2.26. The number of rotatable bonds is 7. The van der Waals surface area contributed by atoms with Crippen molar-refractivity contribution in [2.24, 2.45) is 0 Å². The van der Waals surface area contributed by atoms with Gasteiger partial charge in [0.2, 0.25) is 0 Å². The smallest absolute Gasteiger partial charge is 0.312 e. The van der Waals surface area contributed by atoms with Crippen molar-refractivity contribution >= 4 is 17.3 Å². The number of amides is 1. The minimum atomic E-state index is -0.447. The molecule has 168 valence electrons. The van der Waals surface area contributed by atoms with E-state index in [-0.39, 0.29) is 23.8 Å². The van der Waals surface area contributed by atoms with Gasteiger partial charge < -0.3 is 9.42 Å². The van der Waals surface area contributed by atoms with E-state index in [2.05, 4.69) is 10.3 Å². The van der Waals surface area contributed by atoms with Crippen molar-refractivity contribution in [2.45, 2.75) is 33.9 Å². The molecule has 0 aliphatic carbocycles. The number of hydrogen-bond acceptors (Lipinski definition) is 6. The number of anilines is 1. The highest BCUT2D eigenvalue weighted by atomic mass is 16.6. The summed E-state index contributed by atoms with van der Waals surface area (Å²) in [5.41, 5.74) is 3.06. The summed E-state index contributed by atoms with van der Waals surface area (Å²) in [7, 11) is 0. The molecule has 9 heteroatoms. The first-order chi connectivity index (χ1) is 15.9.